The van der Waals surface area contributed by atoms with Gasteiger partial charge in [0, 0.05) is 11.5 Å². The standard InChI is InChI=1S/C4H9ClS2/c1-2-6-3-4-7-5/h2-4H2,1H3. The van der Waals surface area contributed by atoms with Crippen LogP contribution in [-0.4, -0.2) is 17.3 Å². The van der Waals surface area contributed by atoms with Crippen molar-refractivity contribution in [1.29, 1.82) is 0 Å². The summed E-state index contributed by atoms with van der Waals surface area (Å²) in [6.07, 6.45) is 0. The Balaban J connectivity index is 2.45. The molecule has 0 aromatic carbocycles. The highest BCUT2D eigenvalue weighted by Crippen LogP contribution is 2.08. The van der Waals surface area contributed by atoms with Gasteiger partial charge in [0.05, 0.1) is 0 Å². The van der Waals surface area contributed by atoms with E-state index in [0.29, 0.717) is 0 Å². The zero-order chi connectivity index (χ0) is 5.54. The van der Waals surface area contributed by atoms with Gasteiger partial charge in [0.2, 0.25) is 0 Å². The van der Waals surface area contributed by atoms with Crippen LogP contribution in [0.25, 0.3) is 0 Å². The average molecular weight is 157 g/mol. The van der Waals surface area contributed by atoms with Gasteiger partial charge < -0.3 is 0 Å². The summed E-state index contributed by atoms with van der Waals surface area (Å²) in [6, 6.07) is 0. The molecule has 0 bridgehead atoms. The Morgan fingerprint density at radius 2 is 2.14 bits per heavy atom. The Morgan fingerprint density at radius 3 is 2.57 bits per heavy atom. The van der Waals surface area contributed by atoms with Crippen molar-refractivity contribution >= 4 is 33.4 Å². The van der Waals surface area contributed by atoms with Crippen LogP contribution in [-0.2, 0) is 0 Å². The smallest absolute Gasteiger partial charge is 0.0176 e. The van der Waals surface area contributed by atoms with Crippen LogP contribution in [0.5, 0.6) is 0 Å². The molecule has 0 saturated heterocycles. The van der Waals surface area contributed by atoms with Crippen LogP contribution >= 0.6 is 33.4 Å². The van der Waals surface area contributed by atoms with Gasteiger partial charge in [0.25, 0.3) is 0 Å². The van der Waals surface area contributed by atoms with Gasteiger partial charge in [0.15, 0.2) is 0 Å². The van der Waals surface area contributed by atoms with Crippen LogP contribution in [0.2, 0.25) is 0 Å². The summed E-state index contributed by atoms with van der Waals surface area (Å²) in [4.78, 5) is 0. The lowest BCUT2D eigenvalue weighted by atomic mass is 10.9. The predicted molar refractivity (Wildman–Crippen MR) is 41.3 cm³/mol. The number of hydrogen-bond donors (Lipinski definition) is 0. The van der Waals surface area contributed by atoms with Crippen molar-refractivity contribution in [2.75, 3.05) is 17.3 Å². The Kier molecular flexibility index (Phi) is 7.98. The van der Waals surface area contributed by atoms with E-state index in [-0.39, 0.29) is 0 Å². The van der Waals surface area contributed by atoms with Crippen LogP contribution in [0.4, 0.5) is 0 Å². The van der Waals surface area contributed by atoms with Crippen molar-refractivity contribution in [2.24, 2.45) is 0 Å². The van der Waals surface area contributed by atoms with Crippen molar-refractivity contribution in [3.05, 3.63) is 0 Å². The van der Waals surface area contributed by atoms with E-state index in [1.807, 2.05) is 11.8 Å². The Bertz CT molecular complexity index is 28.9. The van der Waals surface area contributed by atoms with Gasteiger partial charge in [-0.2, -0.15) is 11.8 Å². The van der Waals surface area contributed by atoms with E-state index in [9.17, 15) is 0 Å². The quantitative estimate of drug-likeness (QED) is 0.574. The molecule has 44 valence electrons. The summed E-state index contributed by atoms with van der Waals surface area (Å²) >= 11 is 1.93. The largest absolute Gasteiger partial charge is 0.161 e. The highest BCUT2D eigenvalue weighted by molar-refractivity contribution is 8.21. The highest BCUT2D eigenvalue weighted by atomic mass is 35.7. The van der Waals surface area contributed by atoms with Crippen LogP contribution in [0.1, 0.15) is 6.92 Å². The monoisotopic (exact) mass is 156 g/mol. The maximum Gasteiger partial charge on any atom is 0.0176 e. The highest BCUT2D eigenvalue weighted by Gasteiger charge is 1.81. The number of hydrogen-bond acceptors (Lipinski definition) is 2. The molecule has 0 radical (unpaired) electrons. The second kappa shape index (κ2) is 6.99. The third-order valence-corrected chi connectivity index (χ3v) is 2.49. The van der Waals surface area contributed by atoms with E-state index >= 15 is 0 Å². The minimum absolute atomic E-state index is 1.07. The molecule has 0 saturated carbocycles. The fraction of sp³-hybridized carbons (Fsp3) is 1.00. The SMILES string of the molecule is CCSCCSCl. The lowest BCUT2D eigenvalue weighted by molar-refractivity contribution is 1.48. The molecule has 0 heterocycles. The number of thioether (sulfide) groups is 1. The summed E-state index contributed by atoms with van der Waals surface area (Å²) in [5.74, 6) is 3.46. The van der Waals surface area contributed by atoms with Gasteiger partial charge in [-0.1, -0.05) is 17.9 Å². The van der Waals surface area contributed by atoms with E-state index in [2.05, 4.69) is 6.92 Å². The average Bonchev–Trinajstić information content (AvgIpc) is 1.69. The van der Waals surface area contributed by atoms with E-state index in [1.165, 1.54) is 22.5 Å². The predicted octanol–water partition coefficient (Wildman–Crippen LogP) is 2.63. The van der Waals surface area contributed by atoms with Crippen molar-refractivity contribution in [3.8, 4) is 0 Å². The second-order valence-corrected chi connectivity index (χ2v) is 3.69. The number of halogens is 1. The van der Waals surface area contributed by atoms with Gasteiger partial charge in [-0.3, -0.25) is 0 Å². The first-order valence-corrected chi connectivity index (χ1v) is 5.19. The summed E-state index contributed by atoms with van der Waals surface area (Å²) in [6.45, 7) is 2.16. The molecular formula is C4H9ClS2. The maximum absolute atomic E-state index is 5.34. The minimum atomic E-state index is 1.07. The molecule has 0 atom stereocenters. The summed E-state index contributed by atoms with van der Waals surface area (Å²) < 4.78 is 0. The number of rotatable bonds is 4. The van der Waals surface area contributed by atoms with Crippen LogP contribution in [0, 0.1) is 0 Å². The molecule has 0 rings (SSSR count). The molecule has 0 amide bonds. The molecule has 0 nitrogen and oxygen atoms in total. The first-order valence-electron chi connectivity index (χ1n) is 2.23. The summed E-state index contributed by atoms with van der Waals surface area (Å²) in [5, 5.41) is 0. The van der Waals surface area contributed by atoms with E-state index in [4.69, 9.17) is 10.7 Å². The van der Waals surface area contributed by atoms with Gasteiger partial charge in [0.1, 0.15) is 0 Å². The molecular weight excluding hydrogens is 148 g/mol. The fourth-order valence-electron chi connectivity index (χ4n) is 0.235. The normalized spacial score (nSPS) is 9.43. The van der Waals surface area contributed by atoms with Crippen molar-refractivity contribution in [1.82, 2.24) is 0 Å². The first-order chi connectivity index (χ1) is 3.41. The zero-order valence-corrected chi connectivity index (χ0v) is 6.70. The minimum Gasteiger partial charge on any atom is -0.161 e. The van der Waals surface area contributed by atoms with Crippen molar-refractivity contribution < 1.29 is 0 Å². The van der Waals surface area contributed by atoms with E-state index in [0.717, 1.165) is 5.75 Å². The van der Waals surface area contributed by atoms with E-state index in [1.54, 1.807) is 0 Å². The third-order valence-electron chi connectivity index (χ3n) is 0.509. The summed E-state index contributed by atoms with van der Waals surface area (Å²) in [5.41, 5.74) is 0. The van der Waals surface area contributed by atoms with Crippen molar-refractivity contribution in [3.63, 3.8) is 0 Å². The Morgan fingerprint density at radius 1 is 1.43 bits per heavy atom. The molecule has 0 N–H and O–H groups in total. The molecule has 0 spiro atoms. The van der Waals surface area contributed by atoms with Crippen molar-refractivity contribution in [2.45, 2.75) is 6.92 Å². The van der Waals surface area contributed by atoms with Gasteiger partial charge in [-0.15, -0.1) is 0 Å². The third kappa shape index (κ3) is 6.99. The van der Waals surface area contributed by atoms with Gasteiger partial charge in [-0.05, 0) is 16.4 Å². The van der Waals surface area contributed by atoms with Gasteiger partial charge >= 0.3 is 0 Å². The molecule has 0 aromatic rings. The van der Waals surface area contributed by atoms with Crippen LogP contribution in [0.15, 0.2) is 0 Å². The zero-order valence-electron chi connectivity index (χ0n) is 4.32. The first kappa shape index (κ1) is 7.99. The van der Waals surface area contributed by atoms with Crippen LogP contribution < -0.4 is 0 Å². The molecule has 0 aliphatic carbocycles. The fourth-order valence-corrected chi connectivity index (χ4v) is 1.81. The van der Waals surface area contributed by atoms with E-state index < -0.39 is 0 Å². The molecule has 0 fully saturated rings. The lowest BCUT2D eigenvalue weighted by Gasteiger charge is -1.89. The Hall–Kier alpha value is 0.990. The second-order valence-electron chi connectivity index (χ2n) is 1.01. The topological polar surface area (TPSA) is 0 Å². The van der Waals surface area contributed by atoms with Crippen LogP contribution in [0.3, 0.4) is 0 Å². The summed E-state index contributed by atoms with van der Waals surface area (Å²) in [7, 11) is 6.73. The lowest BCUT2D eigenvalue weighted by Crippen LogP contribution is -1.79. The Labute approximate surface area is 57.9 Å². The molecule has 7 heavy (non-hydrogen) atoms. The molecule has 3 heteroatoms. The maximum atomic E-state index is 5.34. The molecule has 0 unspecified atom stereocenters. The molecule has 0 aliphatic rings. The molecule has 0 aliphatic heterocycles. The molecule has 0 aromatic heterocycles. The van der Waals surface area contributed by atoms with Gasteiger partial charge in [-0.25, -0.2) is 0 Å².